The van der Waals surface area contributed by atoms with Crippen molar-refractivity contribution in [1.29, 1.82) is 0 Å². The van der Waals surface area contributed by atoms with Gasteiger partial charge in [-0.1, -0.05) is 11.6 Å². The first-order valence-corrected chi connectivity index (χ1v) is 7.67. The molecule has 0 bridgehead atoms. The van der Waals surface area contributed by atoms with Crippen LogP contribution in [0.3, 0.4) is 0 Å². The number of nitrogens with zero attached hydrogens (tertiary/aromatic N) is 1. The van der Waals surface area contributed by atoms with E-state index >= 15 is 0 Å². The Bertz CT molecular complexity index is 689. The summed E-state index contributed by atoms with van der Waals surface area (Å²) in [6.45, 7) is 0. The van der Waals surface area contributed by atoms with E-state index in [2.05, 4.69) is 27.9 Å². The lowest BCUT2D eigenvalue weighted by Gasteiger charge is -2.14. The van der Waals surface area contributed by atoms with E-state index < -0.39 is 0 Å². The highest BCUT2D eigenvalue weighted by molar-refractivity contribution is 14.1. The van der Waals surface area contributed by atoms with Gasteiger partial charge in [0.1, 0.15) is 0 Å². The summed E-state index contributed by atoms with van der Waals surface area (Å²) < 4.78 is 1.05. The molecule has 1 amide bonds. The molecule has 4 nitrogen and oxygen atoms in total. The third kappa shape index (κ3) is 3.79. The van der Waals surface area contributed by atoms with Crippen LogP contribution in [-0.2, 0) is 0 Å². The molecule has 2 rings (SSSR count). The number of halogens is 2. The Kier molecular flexibility index (Phi) is 4.95. The fourth-order valence-electron chi connectivity index (χ4n) is 1.79. The van der Waals surface area contributed by atoms with Gasteiger partial charge in [0.2, 0.25) is 0 Å². The van der Waals surface area contributed by atoms with E-state index in [4.69, 9.17) is 17.3 Å². The Hall–Kier alpha value is -1.47. The van der Waals surface area contributed by atoms with E-state index in [1.807, 2.05) is 18.2 Å². The van der Waals surface area contributed by atoms with E-state index in [-0.39, 0.29) is 5.91 Å². The number of rotatable bonds is 3. The van der Waals surface area contributed by atoms with Crippen molar-refractivity contribution in [2.24, 2.45) is 0 Å². The predicted octanol–water partition coefficient (Wildman–Crippen LogP) is 3.97. The Labute approximate surface area is 142 Å². The predicted molar refractivity (Wildman–Crippen MR) is 96.3 cm³/mol. The fraction of sp³-hybridized carbons (Fsp3) is 0.133. The second-order valence-electron chi connectivity index (χ2n) is 4.75. The van der Waals surface area contributed by atoms with Crippen molar-refractivity contribution < 1.29 is 4.79 Å². The molecule has 0 spiro atoms. The number of nitrogens with one attached hydrogen (secondary N) is 1. The number of anilines is 3. The van der Waals surface area contributed by atoms with Gasteiger partial charge in [-0.2, -0.15) is 0 Å². The van der Waals surface area contributed by atoms with Crippen LogP contribution in [0, 0.1) is 3.57 Å². The number of hydrogen-bond donors (Lipinski definition) is 2. The molecule has 21 heavy (non-hydrogen) atoms. The summed E-state index contributed by atoms with van der Waals surface area (Å²) in [5.41, 5.74) is 8.49. The highest BCUT2D eigenvalue weighted by Crippen LogP contribution is 2.30. The second kappa shape index (κ2) is 6.53. The van der Waals surface area contributed by atoms with Crippen LogP contribution in [0.15, 0.2) is 36.4 Å². The number of benzene rings is 2. The smallest absolute Gasteiger partial charge is 0.253 e. The van der Waals surface area contributed by atoms with Crippen molar-refractivity contribution in [2.75, 3.05) is 25.1 Å². The van der Waals surface area contributed by atoms with Crippen LogP contribution in [0.25, 0.3) is 0 Å². The van der Waals surface area contributed by atoms with E-state index in [1.165, 1.54) is 4.90 Å². The summed E-state index contributed by atoms with van der Waals surface area (Å²) in [5.74, 6) is -0.0771. The lowest BCUT2D eigenvalue weighted by molar-refractivity contribution is 0.0827. The number of carbonyl (C=O) groups is 1. The van der Waals surface area contributed by atoms with Crippen LogP contribution >= 0.6 is 34.2 Å². The monoisotopic (exact) mass is 415 g/mol. The van der Waals surface area contributed by atoms with E-state index in [9.17, 15) is 4.79 Å². The molecule has 0 aliphatic carbocycles. The Morgan fingerprint density at radius 3 is 2.52 bits per heavy atom. The molecular formula is C15H15ClIN3O. The number of nitrogen functional groups attached to an aromatic ring is 1. The van der Waals surface area contributed by atoms with Gasteiger partial charge >= 0.3 is 0 Å². The minimum absolute atomic E-state index is 0.0771. The van der Waals surface area contributed by atoms with Gasteiger partial charge in [-0.15, -0.1) is 0 Å². The zero-order valence-electron chi connectivity index (χ0n) is 11.7. The first-order chi connectivity index (χ1) is 9.88. The molecule has 2 aromatic carbocycles. The van der Waals surface area contributed by atoms with Crippen molar-refractivity contribution >= 4 is 57.2 Å². The molecule has 0 aliphatic heterocycles. The third-order valence-corrected chi connectivity index (χ3v) is 3.89. The summed E-state index contributed by atoms with van der Waals surface area (Å²) >= 11 is 8.40. The zero-order chi connectivity index (χ0) is 15.6. The molecule has 0 fully saturated rings. The van der Waals surface area contributed by atoms with E-state index in [0.717, 1.165) is 9.26 Å². The number of nitrogens with two attached hydrogens (primary N) is 1. The topological polar surface area (TPSA) is 58.4 Å². The quantitative estimate of drug-likeness (QED) is 0.589. The van der Waals surface area contributed by atoms with Crippen molar-refractivity contribution in [2.45, 2.75) is 0 Å². The standard InChI is InChI=1S/C15H15ClIN3O/c1-20(2)15(21)9-3-5-12(18)14(7-9)19-13-6-4-10(17)8-11(13)16/h3-8,19H,18H2,1-2H3. The van der Waals surface area contributed by atoms with Crippen LogP contribution < -0.4 is 11.1 Å². The number of hydrogen-bond acceptors (Lipinski definition) is 3. The zero-order valence-corrected chi connectivity index (χ0v) is 14.6. The SMILES string of the molecule is CN(C)C(=O)c1ccc(N)c(Nc2ccc(I)cc2Cl)c1. The average Bonchev–Trinajstić information content (AvgIpc) is 2.43. The molecule has 0 radical (unpaired) electrons. The lowest BCUT2D eigenvalue weighted by atomic mass is 10.1. The van der Waals surface area contributed by atoms with Gasteiger partial charge in [0.15, 0.2) is 0 Å². The van der Waals surface area contributed by atoms with Gasteiger partial charge in [-0.05, 0) is 59.0 Å². The summed E-state index contributed by atoms with van der Waals surface area (Å²) in [4.78, 5) is 13.5. The maximum absolute atomic E-state index is 12.0. The summed E-state index contributed by atoms with van der Waals surface area (Å²) in [7, 11) is 3.42. The number of amides is 1. The molecule has 0 aliphatic rings. The maximum atomic E-state index is 12.0. The molecule has 0 saturated carbocycles. The molecule has 0 aromatic heterocycles. The van der Waals surface area contributed by atoms with E-state index in [0.29, 0.717) is 22.0 Å². The van der Waals surface area contributed by atoms with Crippen molar-refractivity contribution in [3.8, 4) is 0 Å². The molecule has 0 saturated heterocycles. The second-order valence-corrected chi connectivity index (χ2v) is 6.40. The van der Waals surface area contributed by atoms with Gasteiger partial charge in [-0.25, -0.2) is 0 Å². The molecule has 2 aromatic rings. The van der Waals surface area contributed by atoms with Gasteiger partial charge in [-0.3, -0.25) is 4.79 Å². The average molecular weight is 416 g/mol. The number of carbonyl (C=O) groups excluding carboxylic acids is 1. The highest BCUT2D eigenvalue weighted by Gasteiger charge is 2.11. The van der Waals surface area contributed by atoms with Crippen LogP contribution in [0.1, 0.15) is 10.4 Å². The highest BCUT2D eigenvalue weighted by atomic mass is 127. The lowest BCUT2D eigenvalue weighted by Crippen LogP contribution is -2.21. The van der Waals surface area contributed by atoms with Crippen molar-refractivity contribution in [3.05, 3.63) is 50.6 Å². The molecule has 0 atom stereocenters. The van der Waals surface area contributed by atoms with Gasteiger partial charge in [0, 0.05) is 23.2 Å². The summed E-state index contributed by atoms with van der Waals surface area (Å²) in [6, 6.07) is 10.8. The normalized spacial score (nSPS) is 10.3. The first-order valence-electron chi connectivity index (χ1n) is 6.21. The van der Waals surface area contributed by atoms with Crippen molar-refractivity contribution in [1.82, 2.24) is 4.90 Å². The maximum Gasteiger partial charge on any atom is 0.253 e. The summed E-state index contributed by atoms with van der Waals surface area (Å²) in [6.07, 6.45) is 0. The molecular weight excluding hydrogens is 401 g/mol. The molecule has 0 heterocycles. The largest absolute Gasteiger partial charge is 0.397 e. The van der Waals surface area contributed by atoms with Gasteiger partial charge < -0.3 is 16.0 Å². The molecule has 6 heteroatoms. The van der Waals surface area contributed by atoms with Crippen LogP contribution in [0.2, 0.25) is 5.02 Å². The van der Waals surface area contributed by atoms with Crippen LogP contribution in [-0.4, -0.2) is 24.9 Å². The van der Waals surface area contributed by atoms with E-state index in [1.54, 1.807) is 32.3 Å². The van der Waals surface area contributed by atoms with Crippen LogP contribution in [0.4, 0.5) is 17.1 Å². The Morgan fingerprint density at radius 2 is 1.90 bits per heavy atom. The molecule has 3 N–H and O–H groups in total. The molecule has 0 unspecified atom stereocenters. The first kappa shape index (κ1) is 15.9. The minimum Gasteiger partial charge on any atom is -0.397 e. The molecule has 110 valence electrons. The van der Waals surface area contributed by atoms with Crippen LogP contribution in [0.5, 0.6) is 0 Å². The summed E-state index contributed by atoms with van der Waals surface area (Å²) in [5, 5.41) is 3.77. The Morgan fingerprint density at radius 1 is 1.19 bits per heavy atom. The van der Waals surface area contributed by atoms with Crippen molar-refractivity contribution in [3.63, 3.8) is 0 Å². The van der Waals surface area contributed by atoms with Gasteiger partial charge in [0.05, 0.1) is 22.1 Å². The third-order valence-electron chi connectivity index (χ3n) is 2.91. The van der Waals surface area contributed by atoms with Gasteiger partial charge in [0.25, 0.3) is 5.91 Å². The Balaban J connectivity index is 2.35. The minimum atomic E-state index is -0.0771. The fourth-order valence-corrected chi connectivity index (χ4v) is 2.69.